The van der Waals surface area contributed by atoms with E-state index >= 15 is 0 Å². The number of aliphatic hydroxyl groups is 1. The number of Topliss-reactive ketones (excluding diaryl/α,β-unsaturated/α-hetero) is 2. The van der Waals surface area contributed by atoms with Gasteiger partial charge < -0.3 is 25.1 Å². The molecule has 0 bridgehead atoms. The first-order valence-corrected chi connectivity index (χ1v) is 15.8. The molecule has 0 radical (unpaired) electrons. The number of amides is 2. The van der Waals surface area contributed by atoms with Crippen LogP contribution in [0.25, 0.3) is 0 Å². The number of hydrogen-bond donors (Lipinski definition) is 3. The zero-order valence-corrected chi connectivity index (χ0v) is 25.4. The van der Waals surface area contributed by atoms with Crippen LogP contribution in [0.3, 0.4) is 0 Å². The quantitative estimate of drug-likeness (QED) is 0.130. The van der Waals surface area contributed by atoms with E-state index in [0.717, 1.165) is 13.0 Å². The van der Waals surface area contributed by atoms with Crippen molar-refractivity contribution >= 4 is 31.2 Å². The first-order chi connectivity index (χ1) is 18.7. The Kier molecular flexibility index (Phi) is 13.9. The number of hydrogen-bond acceptors (Lipinski definition) is 9. The van der Waals surface area contributed by atoms with Crippen LogP contribution in [0.2, 0.25) is 0 Å². The summed E-state index contributed by atoms with van der Waals surface area (Å²) in [6.07, 6.45) is 0.924. The molecule has 0 aromatic carbocycles. The molecule has 2 aliphatic heterocycles. The monoisotopic (exact) mass is 589 g/mol. The highest BCUT2D eigenvalue weighted by Gasteiger charge is 2.41. The topological polar surface area (TPSA) is 163 Å². The molecular weight excluding hydrogens is 541 g/mol. The number of ketones is 2. The van der Waals surface area contributed by atoms with Crippen LogP contribution in [0.5, 0.6) is 0 Å². The van der Waals surface area contributed by atoms with E-state index in [-0.39, 0.29) is 74.8 Å². The number of phosphoric acid groups is 1. The lowest BCUT2D eigenvalue weighted by Crippen LogP contribution is -2.39. The Bertz CT molecular complexity index is 929. The molecule has 12 nitrogen and oxygen atoms in total. The number of nitrogens with one attached hydrogen (secondary N) is 1. The molecule has 2 aliphatic rings. The van der Waals surface area contributed by atoms with Gasteiger partial charge >= 0.3 is 7.82 Å². The van der Waals surface area contributed by atoms with Gasteiger partial charge in [0.25, 0.3) is 0 Å². The fraction of sp³-hybridized carbons (Fsp3) is 0.852. The molecule has 2 amide bonds. The fourth-order valence-corrected chi connectivity index (χ4v) is 6.04. The van der Waals surface area contributed by atoms with Crippen LogP contribution < -0.4 is 5.32 Å². The third-order valence-corrected chi connectivity index (χ3v) is 8.38. The maximum absolute atomic E-state index is 12.9. The minimum atomic E-state index is -4.55. The van der Waals surface area contributed by atoms with Crippen LogP contribution in [0.1, 0.15) is 79.6 Å². The number of likely N-dealkylation sites (tertiary alicyclic amines) is 2. The van der Waals surface area contributed by atoms with Crippen molar-refractivity contribution in [3.8, 4) is 0 Å². The molecule has 0 spiro atoms. The second kappa shape index (κ2) is 16.1. The third kappa shape index (κ3) is 11.3. The van der Waals surface area contributed by atoms with Crippen molar-refractivity contribution in [2.45, 2.75) is 104 Å². The normalized spacial score (nSPS) is 24.6. The van der Waals surface area contributed by atoms with Crippen LogP contribution in [0, 0.1) is 11.8 Å². The molecule has 2 fully saturated rings. The molecule has 1 unspecified atom stereocenters. The second-order valence-corrected chi connectivity index (χ2v) is 13.1. The van der Waals surface area contributed by atoms with E-state index in [0.29, 0.717) is 25.4 Å². The van der Waals surface area contributed by atoms with Crippen LogP contribution in [0.15, 0.2) is 0 Å². The van der Waals surface area contributed by atoms with E-state index in [1.165, 1.54) is 4.90 Å². The van der Waals surface area contributed by atoms with Gasteiger partial charge in [0.15, 0.2) is 0 Å². The van der Waals surface area contributed by atoms with Gasteiger partial charge in [-0.25, -0.2) is 4.57 Å². The fourth-order valence-electron chi connectivity index (χ4n) is 5.09. The smallest absolute Gasteiger partial charge is 0.394 e. The Balaban J connectivity index is 1.84. The summed E-state index contributed by atoms with van der Waals surface area (Å²) in [6, 6.07) is -0.699. The Morgan fingerprint density at radius 2 is 1.65 bits per heavy atom. The summed E-state index contributed by atoms with van der Waals surface area (Å²) in [4.78, 5) is 62.9. The lowest BCUT2D eigenvalue weighted by Gasteiger charge is -2.26. The van der Waals surface area contributed by atoms with Gasteiger partial charge in [0.2, 0.25) is 11.8 Å². The highest BCUT2D eigenvalue weighted by Crippen LogP contribution is 2.47. The van der Waals surface area contributed by atoms with Gasteiger partial charge in [-0.05, 0) is 31.7 Å². The van der Waals surface area contributed by atoms with Crippen LogP contribution in [0.4, 0.5) is 0 Å². The van der Waals surface area contributed by atoms with Gasteiger partial charge in [0.05, 0.1) is 37.8 Å². The summed E-state index contributed by atoms with van der Waals surface area (Å²) in [5.74, 6) is -0.979. The lowest BCUT2D eigenvalue weighted by atomic mass is 10.1. The summed E-state index contributed by atoms with van der Waals surface area (Å²) in [6.45, 7) is 10.0. The summed E-state index contributed by atoms with van der Waals surface area (Å²) in [7, 11) is -4.55. The van der Waals surface area contributed by atoms with Gasteiger partial charge in [0, 0.05) is 44.3 Å². The van der Waals surface area contributed by atoms with E-state index in [9.17, 15) is 33.7 Å². The van der Waals surface area contributed by atoms with Gasteiger partial charge in [0.1, 0.15) is 11.6 Å². The summed E-state index contributed by atoms with van der Waals surface area (Å²) in [5.41, 5.74) is 0. The second-order valence-electron chi connectivity index (χ2n) is 11.7. The standard InChI is InChI=1S/C27H48N3O9P/c1-18(2)25(33)13-27(35)30-15-24(12-21(30)16-31)39-40(36,37)38-17-22-11-20(5)14-29(22)26(34)9-8-23(32)7-6-10-28-19(3)4/h18-22,24,28,31H,6-17H2,1-5H3,(H,36,37)/t20-,21-,22+,24-/m1/s1. The maximum atomic E-state index is 12.9. The Morgan fingerprint density at radius 1 is 0.975 bits per heavy atom. The largest absolute Gasteiger partial charge is 0.472 e. The molecule has 2 heterocycles. The average Bonchev–Trinajstić information content (AvgIpc) is 3.46. The Hall–Kier alpha value is -1.69. The predicted molar refractivity (Wildman–Crippen MR) is 148 cm³/mol. The zero-order valence-electron chi connectivity index (χ0n) is 24.5. The van der Waals surface area contributed by atoms with Crippen molar-refractivity contribution in [3.05, 3.63) is 0 Å². The molecule has 40 heavy (non-hydrogen) atoms. The molecule has 230 valence electrons. The van der Waals surface area contributed by atoms with E-state index < -0.39 is 31.9 Å². The first-order valence-electron chi connectivity index (χ1n) is 14.4. The number of nitrogens with zero attached hydrogens (tertiary/aromatic N) is 2. The van der Waals surface area contributed by atoms with Crippen molar-refractivity contribution in [3.63, 3.8) is 0 Å². The van der Waals surface area contributed by atoms with Gasteiger partial charge in [-0.15, -0.1) is 0 Å². The molecular formula is C27H48N3O9P. The predicted octanol–water partition coefficient (Wildman–Crippen LogP) is 2.06. The Labute approximate surface area is 237 Å². The highest BCUT2D eigenvalue weighted by atomic mass is 31.2. The van der Waals surface area contributed by atoms with Gasteiger partial charge in [-0.1, -0.05) is 34.6 Å². The zero-order chi connectivity index (χ0) is 30.0. The minimum absolute atomic E-state index is 0.0334. The van der Waals surface area contributed by atoms with Crippen molar-refractivity contribution in [1.29, 1.82) is 0 Å². The van der Waals surface area contributed by atoms with Gasteiger partial charge in [-0.3, -0.25) is 28.2 Å². The van der Waals surface area contributed by atoms with E-state index in [1.807, 2.05) is 20.8 Å². The molecule has 2 rings (SSSR count). The summed E-state index contributed by atoms with van der Waals surface area (Å²) < 4.78 is 23.4. The van der Waals surface area contributed by atoms with E-state index in [2.05, 4.69) is 5.32 Å². The number of aliphatic hydroxyl groups excluding tert-OH is 1. The summed E-state index contributed by atoms with van der Waals surface area (Å²) >= 11 is 0. The third-order valence-electron chi connectivity index (χ3n) is 7.34. The van der Waals surface area contributed by atoms with Crippen molar-refractivity contribution < 1.29 is 42.8 Å². The number of carbonyl (C=O) groups is 4. The highest BCUT2D eigenvalue weighted by molar-refractivity contribution is 7.47. The minimum Gasteiger partial charge on any atom is -0.394 e. The first kappa shape index (κ1) is 34.5. The molecule has 2 saturated heterocycles. The molecule has 0 aromatic heterocycles. The van der Waals surface area contributed by atoms with Crippen molar-refractivity contribution in [2.24, 2.45) is 11.8 Å². The SMILES string of the molecule is CC(C)NCCCC(=O)CCC(=O)N1C[C@H](C)C[C@H]1COP(=O)(O)O[C@@H]1C[C@H](CO)N(C(=O)CC(=O)C(C)C)C1. The summed E-state index contributed by atoms with van der Waals surface area (Å²) in [5, 5.41) is 12.9. The maximum Gasteiger partial charge on any atom is 0.472 e. The van der Waals surface area contributed by atoms with Crippen molar-refractivity contribution in [2.75, 3.05) is 32.8 Å². The van der Waals surface area contributed by atoms with E-state index in [4.69, 9.17) is 9.05 Å². The molecule has 5 atom stereocenters. The molecule has 3 N–H and O–H groups in total. The van der Waals surface area contributed by atoms with E-state index in [1.54, 1.807) is 18.7 Å². The molecule has 0 saturated carbocycles. The Morgan fingerprint density at radius 3 is 2.27 bits per heavy atom. The average molecular weight is 590 g/mol. The van der Waals surface area contributed by atoms with Crippen LogP contribution in [-0.2, 0) is 32.8 Å². The molecule has 13 heteroatoms. The van der Waals surface area contributed by atoms with Gasteiger partial charge in [-0.2, -0.15) is 0 Å². The molecule has 0 aliphatic carbocycles. The van der Waals surface area contributed by atoms with Crippen LogP contribution in [-0.4, -0.2) is 100 Å². The van der Waals surface area contributed by atoms with Crippen molar-refractivity contribution in [1.82, 2.24) is 15.1 Å². The number of rotatable bonds is 17. The van der Waals surface area contributed by atoms with Crippen LogP contribution >= 0.6 is 7.82 Å². The number of phosphoric ester groups is 1. The number of carbonyl (C=O) groups excluding carboxylic acids is 4. The lowest BCUT2D eigenvalue weighted by molar-refractivity contribution is -0.137. The molecule has 0 aromatic rings.